The predicted molar refractivity (Wildman–Crippen MR) is 85.9 cm³/mol. The van der Waals surface area contributed by atoms with E-state index in [0.717, 1.165) is 36.8 Å². The molecule has 0 saturated heterocycles. The van der Waals surface area contributed by atoms with Gasteiger partial charge in [0.05, 0.1) is 7.11 Å². The smallest absolute Gasteiger partial charge is 0.121 e. The zero-order chi connectivity index (χ0) is 14.4. The molecule has 0 aliphatic carbocycles. The summed E-state index contributed by atoms with van der Waals surface area (Å²) < 4.78 is 5.28. The lowest BCUT2D eigenvalue weighted by molar-refractivity contribution is 0.352. The van der Waals surface area contributed by atoms with Crippen molar-refractivity contribution in [3.05, 3.63) is 11.3 Å². The second kappa shape index (κ2) is 4.92. The van der Waals surface area contributed by atoms with Crippen molar-refractivity contribution in [2.45, 2.75) is 12.8 Å². The summed E-state index contributed by atoms with van der Waals surface area (Å²) in [5, 5.41) is 0.964. The molecule has 20 heavy (non-hydrogen) atoms. The highest BCUT2D eigenvalue weighted by Crippen LogP contribution is 2.24. The SMILES string of the molecule is [B]c1c(OC)c([B])c2[nH]c3c(c2c1[B])CCN(C)CC3. The average Bonchev–Trinajstić information content (AvgIpc) is 2.70. The van der Waals surface area contributed by atoms with Gasteiger partial charge in [-0.25, -0.2) is 0 Å². The molecular formula is C14H15B3N2O. The van der Waals surface area contributed by atoms with Crippen LogP contribution in [0.2, 0.25) is 0 Å². The quantitative estimate of drug-likeness (QED) is 0.638. The van der Waals surface area contributed by atoms with Crippen LogP contribution in [0, 0.1) is 0 Å². The summed E-state index contributed by atoms with van der Waals surface area (Å²) in [5.41, 5.74) is 4.82. The van der Waals surface area contributed by atoms with Crippen LogP contribution in [0.1, 0.15) is 11.3 Å². The van der Waals surface area contributed by atoms with E-state index >= 15 is 0 Å². The van der Waals surface area contributed by atoms with Crippen LogP contribution in [0.25, 0.3) is 10.9 Å². The first-order valence-electron chi connectivity index (χ1n) is 6.77. The van der Waals surface area contributed by atoms with Crippen molar-refractivity contribution in [1.29, 1.82) is 0 Å². The Bertz CT molecular complexity index is 681. The fraction of sp³-hybridized carbons (Fsp3) is 0.429. The summed E-state index contributed by atoms with van der Waals surface area (Å²) in [7, 11) is 22.1. The van der Waals surface area contributed by atoms with Crippen LogP contribution in [0.3, 0.4) is 0 Å². The minimum atomic E-state index is 0.428. The number of H-pyrrole nitrogens is 1. The van der Waals surface area contributed by atoms with Crippen molar-refractivity contribution in [1.82, 2.24) is 9.88 Å². The number of fused-ring (bicyclic) bond motifs is 3. The van der Waals surface area contributed by atoms with Crippen LogP contribution in [0.4, 0.5) is 0 Å². The number of hydrogen-bond acceptors (Lipinski definition) is 2. The van der Waals surface area contributed by atoms with Crippen molar-refractivity contribution in [2.75, 3.05) is 27.2 Å². The molecule has 0 spiro atoms. The molecule has 6 radical (unpaired) electrons. The Hall–Kier alpha value is -1.29. The highest BCUT2D eigenvalue weighted by atomic mass is 16.5. The van der Waals surface area contributed by atoms with Gasteiger partial charge in [-0.05, 0) is 29.9 Å². The molecule has 1 aromatic carbocycles. The molecular weight excluding hydrogens is 245 g/mol. The van der Waals surface area contributed by atoms with Crippen molar-refractivity contribution in [3.8, 4) is 5.75 Å². The van der Waals surface area contributed by atoms with Crippen LogP contribution in [-0.4, -0.2) is 60.7 Å². The number of benzene rings is 1. The van der Waals surface area contributed by atoms with Gasteiger partial charge in [0.15, 0.2) is 0 Å². The molecule has 3 nitrogen and oxygen atoms in total. The second-order valence-corrected chi connectivity index (χ2v) is 5.41. The molecule has 0 fully saturated rings. The summed E-state index contributed by atoms with van der Waals surface area (Å²) in [5.74, 6) is 0.462. The molecule has 2 heterocycles. The number of rotatable bonds is 1. The van der Waals surface area contributed by atoms with Crippen molar-refractivity contribution >= 4 is 50.8 Å². The molecule has 0 unspecified atom stereocenters. The van der Waals surface area contributed by atoms with Crippen LogP contribution in [0.5, 0.6) is 5.75 Å². The van der Waals surface area contributed by atoms with Crippen LogP contribution < -0.4 is 21.1 Å². The topological polar surface area (TPSA) is 28.3 Å². The third kappa shape index (κ3) is 1.89. The fourth-order valence-corrected chi connectivity index (χ4v) is 3.03. The number of methoxy groups -OCH3 is 1. The maximum atomic E-state index is 6.22. The molecule has 1 aliphatic heterocycles. The van der Waals surface area contributed by atoms with Gasteiger partial charge < -0.3 is 14.6 Å². The summed E-state index contributed by atoms with van der Waals surface area (Å²) in [4.78, 5) is 5.73. The third-order valence-corrected chi connectivity index (χ3v) is 4.20. The van der Waals surface area contributed by atoms with Gasteiger partial charge in [-0.15, -0.1) is 0 Å². The number of aromatic amines is 1. The van der Waals surface area contributed by atoms with Gasteiger partial charge in [-0.1, -0.05) is 10.9 Å². The second-order valence-electron chi connectivity index (χ2n) is 5.41. The Morgan fingerprint density at radius 1 is 1.05 bits per heavy atom. The van der Waals surface area contributed by atoms with E-state index in [2.05, 4.69) is 16.9 Å². The van der Waals surface area contributed by atoms with Gasteiger partial charge in [-0.3, -0.25) is 0 Å². The molecule has 0 amide bonds. The van der Waals surface area contributed by atoms with Gasteiger partial charge in [0.2, 0.25) is 0 Å². The molecule has 0 bridgehead atoms. The highest BCUT2D eigenvalue weighted by molar-refractivity contribution is 6.57. The van der Waals surface area contributed by atoms with Crippen molar-refractivity contribution in [3.63, 3.8) is 0 Å². The molecule has 3 rings (SSSR count). The van der Waals surface area contributed by atoms with E-state index in [1.807, 2.05) is 0 Å². The summed E-state index contributed by atoms with van der Waals surface area (Å²) in [6, 6.07) is 0. The zero-order valence-electron chi connectivity index (χ0n) is 11.9. The third-order valence-electron chi connectivity index (χ3n) is 4.20. The molecule has 96 valence electrons. The lowest BCUT2D eigenvalue weighted by Crippen LogP contribution is -2.33. The number of nitrogens with one attached hydrogen (secondary N) is 1. The fourth-order valence-electron chi connectivity index (χ4n) is 3.03. The normalized spacial score (nSPS) is 16.1. The Labute approximate surface area is 123 Å². The molecule has 6 heteroatoms. The maximum Gasteiger partial charge on any atom is 0.121 e. The van der Waals surface area contributed by atoms with E-state index in [9.17, 15) is 0 Å². The van der Waals surface area contributed by atoms with Gasteiger partial charge >= 0.3 is 0 Å². The molecule has 1 aliphatic rings. The van der Waals surface area contributed by atoms with Crippen LogP contribution in [0.15, 0.2) is 0 Å². The minimum absolute atomic E-state index is 0.428. The highest BCUT2D eigenvalue weighted by Gasteiger charge is 2.21. The molecule has 0 saturated carbocycles. The first-order chi connectivity index (χ1) is 9.54. The summed E-state index contributed by atoms with van der Waals surface area (Å²) in [6.07, 6.45) is 1.91. The van der Waals surface area contributed by atoms with E-state index in [0.29, 0.717) is 22.1 Å². The molecule has 1 aromatic heterocycles. The van der Waals surface area contributed by atoms with Gasteiger partial charge in [-0.2, -0.15) is 0 Å². The predicted octanol–water partition coefficient (Wildman–Crippen LogP) is -1.41. The Morgan fingerprint density at radius 2 is 1.75 bits per heavy atom. The summed E-state index contributed by atoms with van der Waals surface area (Å²) in [6.45, 7) is 2.03. The van der Waals surface area contributed by atoms with Gasteiger partial charge in [0.1, 0.15) is 29.3 Å². The Morgan fingerprint density at radius 3 is 2.45 bits per heavy atom. The van der Waals surface area contributed by atoms with Crippen molar-refractivity contribution < 1.29 is 4.74 Å². The van der Waals surface area contributed by atoms with E-state index < -0.39 is 0 Å². The lowest BCUT2D eigenvalue weighted by atomic mass is 9.73. The number of hydrogen-bond donors (Lipinski definition) is 1. The molecule has 2 aromatic rings. The molecule has 0 atom stereocenters. The Kier molecular flexibility index (Phi) is 3.37. The minimum Gasteiger partial charge on any atom is -0.498 e. The first kappa shape index (κ1) is 13.7. The number of ether oxygens (including phenoxy) is 1. The first-order valence-corrected chi connectivity index (χ1v) is 6.77. The van der Waals surface area contributed by atoms with E-state index in [1.165, 1.54) is 11.3 Å². The summed E-state index contributed by atoms with van der Waals surface area (Å²) >= 11 is 0. The van der Waals surface area contributed by atoms with Crippen molar-refractivity contribution in [2.24, 2.45) is 0 Å². The number of nitrogens with zero attached hydrogens (tertiary/aromatic N) is 1. The largest absolute Gasteiger partial charge is 0.498 e. The monoisotopic (exact) mass is 260 g/mol. The maximum absolute atomic E-state index is 6.22. The number of likely N-dealkylation sites (N-methyl/N-ethyl adjacent to an activating group) is 1. The van der Waals surface area contributed by atoms with Gasteiger partial charge in [0, 0.05) is 30.7 Å². The zero-order valence-corrected chi connectivity index (χ0v) is 11.9. The average molecular weight is 260 g/mol. The molecule has 1 N–H and O–H groups in total. The number of aromatic nitrogens is 1. The van der Waals surface area contributed by atoms with E-state index in [1.54, 1.807) is 7.11 Å². The van der Waals surface area contributed by atoms with Crippen LogP contribution in [-0.2, 0) is 12.8 Å². The van der Waals surface area contributed by atoms with E-state index in [-0.39, 0.29) is 0 Å². The van der Waals surface area contributed by atoms with Crippen LogP contribution >= 0.6 is 0 Å². The Balaban J connectivity index is 2.30. The standard InChI is InChI=1S/C14H15B3N2O/c1-19-5-3-7-8(4-6-19)18-13-9(7)10(15)11(16)14(20-2)12(13)17/h18H,3-6H2,1-2H3. The lowest BCUT2D eigenvalue weighted by Gasteiger charge is -2.16. The van der Waals surface area contributed by atoms with E-state index in [4.69, 9.17) is 28.3 Å². The van der Waals surface area contributed by atoms with Gasteiger partial charge in [0.25, 0.3) is 0 Å².